The lowest BCUT2D eigenvalue weighted by Gasteiger charge is -2.35. The molecule has 1 aliphatic heterocycles. The minimum atomic E-state index is 0.128. The second-order valence-corrected chi connectivity index (χ2v) is 8.51. The maximum Gasteiger partial charge on any atom is 0.245 e. The standard InChI is InChI=1S/C23H26N8O/c1-14(2)20-13-30(9-8-24-20)23-25-11-19(27-28-23)18-6-4-16(10-21(18)32)17-5-7-22-26-15(3)29-31(22)12-17/h4-7,10-12,14,20,24,32H,8-9,13H2,1-3H3. The van der Waals surface area contributed by atoms with Crippen LogP contribution < -0.4 is 10.2 Å². The normalized spacial score (nSPS) is 16.8. The van der Waals surface area contributed by atoms with Crippen LogP contribution in [0.5, 0.6) is 5.75 Å². The van der Waals surface area contributed by atoms with Crippen LogP contribution in [0.1, 0.15) is 19.7 Å². The lowest BCUT2D eigenvalue weighted by molar-refractivity contribution is 0.365. The van der Waals surface area contributed by atoms with Gasteiger partial charge in [-0.3, -0.25) is 0 Å². The van der Waals surface area contributed by atoms with Crippen LogP contribution in [0.15, 0.2) is 42.7 Å². The average Bonchev–Trinajstić information content (AvgIpc) is 3.18. The predicted octanol–water partition coefficient (Wildman–Crippen LogP) is 2.70. The molecule has 1 aromatic carbocycles. The zero-order valence-corrected chi connectivity index (χ0v) is 18.4. The summed E-state index contributed by atoms with van der Waals surface area (Å²) in [6, 6.07) is 9.79. The molecule has 4 heterocycles. The molecular formula is C23H26N8O. The zero-order valence-electron chi connectivity index (χ0n) is 18.4. The van der Waals surface area contributed by atoms with Crippen LogP contribution in [0.2, 0.25) is 0 Å². The average molecular weight is 431 g/mol. The third-order valence-corrected chi connectivity index (χ3v) is 5.89. The zero-order chi connectivity index (χ0) is 22.2. The van der Waals surface area contributed by atoms with Gasteiger partial charge < -0.3 is 15.3 Å². The molecular weight excluding hydrogens is 404 g/mol. The molecule has 1 fully saturated rings. The topological polar surface area (TPSA) is 104 Å². The van der Waals surface area contributed by atoms with Crippen LogP contribution >= 0.6 is 0 Å². The lowest BCUT2D eigenvalue weighted by atomic mass is 10.0. The van der Waals surface area contributed by atoms with Gasteiger partial charge in [-0.1, -0.05) is 19.9 Å². The highest BCUT2D eigenvalue weighted by Crippen LogP contribution is 2.32. The van der Waals surface area contributed by atoms with E-state index >= 15 is 0 Å². The molecule has 2 N–H and O–H groups in total. The number of fused-ring (bicyclic) bond motifs is 1. The van der Waals surface area contributed by atoms with E-state index in [9.17, 15) is 5.11 Å². The number of hydrogen-bond donors (Lipinski definition) is 2. The summed E-state index contributed by atoms with van der Waals surface area (Å²) >= 11 is 0. The van der Waals surface area contributed by atoms with Gasteiger partial charge in [0.2, 0.25) is 5.95 Å². The first-order valence-corrected chi connectivity index (χ1v) is 10.8. The SMILES string of the molecule is Cc1nc2ccc(-c3ccc(-c4cnc(N5CCNC(C(C)C)C5)nn4)c(O)c3)cn2n1. The number of nitrogens with zero attached hydrogens (tertiary/aromatic N) is 7. The van der Waals surface area contributed by atoms with Crippen molar-refractivity contribution < 1.29 is 5.11 Å². The molecule has 1 saturated heterocycles. The highest BCUT2D eigenvalue weighted by Gasteiger charge is 2.23. The van der Waals surface area contributed by atoms with E-state index in [0.29, 0.717) is 29.2 Å². The smallest absolute Gasteiger partial charge is 0.245 e. The predicted molar refractivity (Wildman–Crippen MR) is 122 cm³/mol. The summed E-state index contributed by atoms with van der Waals surface area (Å²) in [5.41, 5.74) is 3.73. The van der Waals surface area contributed by atoms with E-state index in [2.05, 4.69) is 49.3 Å². The fraction of sp³-hybridized carbons (Fsp3) is 0.348. The molecule has 0 radical (unpaired) electrons. The summed E-state index contributed by atoms with van der Waals surface area (Å²) in [5, 5.41) is 27.3. The lowest BCUT2D eigenvalue weighted by Crippen LogP contribution is -2.53. The summed E-state index contributed by atoms with van der Waals surface area (Å²) in [4.78, 5) is 11.0. The Bertz CT molecular complexity index is 1250. The summed E-state index contributed by atoms with van der Waals surface area (Å²) in [7, 11) is 0. The minimum Gasteiger partial charge on any atom is -0.507 e. The molecule has 9 heteroatoms. The van der Waals surface area contributed by atoms with Gasteiger partial charge in [0, 0.05) is 43.0 Å². The molecule has 9 nitrogen and oxygen atoms in total. The first-order valence-electron chi connectivity index (χ1n) is 10.8. The van der Waals surface area contributed by atoms with Gasteiger partial charge in [-0.2, -0.15) is 5.10 Å². The van der Waals surface area contributed by atoms with Gasteiger partial charge in [-0.15, -0.1) is 10.2 Å². The molecule has 0 bridgehead atoms. The van der Waals surface area contributed by atoms with E-state index in [-0.39, 0.29) is 5.75 Å². The third kappa shape index (κ3) is 3.87. The number of rotatable bonds is 4. The van der Waals surface area contributed by atoms with Crippen molar-refractivity contribution in [2.75, 3.05) is 24.5 Å². The molecule has 5 rings (SSSR count). The Balaban J connectivity index is 1.38. The van der Waals surface area contributed by atoms with E-state index in [1.165, 1.54) is 0 Å². The number of anilines is 1. The van der Waals surface area contributed by atoms with Gasteiger partial charge in [0.1, 0.15) is 17.3 Å². The van der Waals surface area contributed by atoms with E-state index in [0.717, 1.165) is 42.2 Å². The third-order valence-electron chi connectivity index (χ3n) is 5.89. The van der Waals surface area contributed by atoms with Crippen LogP contribution in [-0.2, 0) is 0 Å². The van der Waals surface area contributed by atoms with Crippen LogP contribution in [0, 0.1) is 12.8 Å². The second kappa shape index (κ2) is 8.16. The largest absolute Gasteiger partial charge is 0.507 e. The van der Waals surface area contributed by atoms with Crippen molar-refractivity contribution in [2.24, 2.45) is 5.92 Å². The quantitative estimate of drug-likeness (QED) is 0.509. The summed E-state index contributed by atoms with van der Waals surface area (Å²) < 4.78 is 1.74. The number of piperazine rings is 1. The van der Waals surface area contributed by atoms with Crippen LogP contribution in [0.4, 0.5) is 5.95 Å². The molecule has 0 aliphatic carbocycles. The fourth-order valence-corrected chi connectivity index (χ4v) is 4.04. The van der Waals surface area contributed by atoms with Crippen LogP contribution in [0.25, 0.3) is 28.0 Å². The Morgan fingerprint density at radius 3 is 2.72 bits per heavy atom. The highest BCUT2D eigenvalue weighted by molar-refractivity contribution is 5.74. The number of phenols is 1. The molecule has 1 unspecified atom stereocenters. The minimum absolute atomic E-state index is 0.128. The number of hydrogen-bond acceptors (Lipinski definition) is 8. The van der Waals surface area contributed by atoms with Gasteiger partial charge in [0.25, 0.3) is 0 Å². The van der Waals surface area contributed by atoms with Crippen molar-refractivity contribution in [3.8, 4) is 28.1 Å². The van der Waals surface area contributed by atoms with Crippen molar-refractivity contribution in [3.05, 3.63) is 48.5 Å². The monoisotopic (exact) mass is 430 g/mol. The van der Waals surface area contributed by atoms with Gasteiger partial charge in [0.05, 0.1) is 6.20 Å². The Morgan fingerprint density at radius 1 is 1.12 bits per heavy atom. The van der Waals surface area contributed by atoms with E-state index in [1.807, 2.05) is 37.4 Å². The van der Waals surface area contributed by atoms with Crippen molar-refractivity contribution in [1.29, 1.82) is 0 Å². The van der Waals surface area contributed by atoms with Crippen LogP contribution in [0.3, 0.4) is 0 Å². The number of phenolic OH excluding ortho intramolecular Hbond substituents is 1. The molecule has 32 heavy (non-hydrogen) atoms. The molecule has 0 saturated carbocycles. The van der Waals surface area contributed by atoms with E-state index in [4.69, 9.17) is 0 Å². The summed E-state index contributed by atoms with van der Waals surface area (Å²) in [5.74, 6) is 2.00. The molecule has 0 spiro atoms. The number of aromatic hydroxyl groups is 1. The van der Waals surface area contributed by atoms with E-state index in [1.54, 1.807) is 16.8 Å². The molecule has 1 atom stereocenters. The summed E-state index contributed by atoms with van der Waals surface area (Å²) in [6.07, 6.45) is 3.57. The van der Waals surface area contributed by atoms with Crippen molar-refractivity contribution in [1.82, 2.24) is 35.1 Å². The fourth-order valence-electron chi connectivity index (χ4n) is 4.04. The van der Waals surface area contributed by atoms with E-state index < -0.39 is 0 Å². The number of pyridine rings is 1. The number of nitrogens with one attached hydrogen (secondary N) is 1. The van der Waals surface area contributed by atoms with Gasteiger partial charge in [-0.05, 0) is 42.7 Å². The molecule has 0 amide bonds. The van der Waals surface area contributed by atoms with Gasteiger partial charge >= 0.3 is 0 Å². The number of aromatic nitrogens is 6. The van der Waals surface area contributed by atoms with Crippen molar-refractivity contribution in [3.63, 3.8) is 0 Å². The first kappa shape index (κ1) is 20.3. The Hall–Kier alpha value is -3.59. The summed E-state index contributed by atoms with van der Waals surface area (Å²) in [6.45, 7) is 8.88. The molecule has 4 aromatic rings. The molecule has 1 aliphatic rings. The maximum atomic E-state index is 10.7. The molecule has 3 aromatic heterocycles. The maximum absolute atomic E-state index is 10.7. The highest BCUT2D eigenvalue weighted by atomic mass is 16.3. The van der Waals surface area contributed by atoms with Crippen LogP contribution in [-0.4, -0.2) is 60.6 Å². The van der Waals surface area contributed by atoms with Crippen molar-refractivity contribution >= 4 is 11.6 Å². The number of aryl methyl sites for hydroxylation is 1. The Labute approximate surface area is 186 Å². The second-order valence-electron chi connectivity index (χ2n) is 8.51. The Morgan fingerprint density at radius 2 is 1.97 bits per heavy atom. The number of benzene rings is 1. The molecule has 164 valence electrons. The van der Waals surface area contributed by atoms with Gasteiger partial charge in [-0.25, -0.2) is 14.5 Å². The first-order chi connectivity index (χ1) is 15.5. The Kier molecular flexibility index (Phi) is 5.18. The van der Waals surface area contributed by atoms with Crippen molar-refractivity contribution in [2.45, 2.75) is 26.8 Å². The van der Waals surface area contributed by atoms with Gasteiger partial charge in [0.15, 0.2) is 5.65 Å².